The molecule has 0 bridgehead atoms. The summed E-state index contributed by atoms with van der Waals surface area (Å²) in [6, 6.07) is 3.89. The highest BCUT2D eigenvalue weighted by Crippen LogP contribution is 2.11. The van der Waals surface area contributed by atoms with Gasteiger partial charge in [-0.05, 0) is 32.8 Å². The van der Waals surface area contributed by atoms with Crippen molar-refractivity contribution < 1.29 is 4.74 Å². The van der Waals surface area contributed by atoms with Gasteiger partial charge in [-0.25, -0.2) is 9.98 Å². The van der Waals surface area contributed by atoms with Gasteiger partial charge in [0.2, 0.25) is 5.88 Å². The summed E-state index contributed by atoms with van der Waals surface area (Å²) in [6.45, 7) is 11.0. The molecule has 0 aromatic carbocycles. The molecule has 2 aromatic heterocycles. The zero-order chi connectivity index (χ0) is 18.9. The molecule has 2 heterocycles. The van der Waals surface area contributed by atoms with Crippen LogP contribution in [0.5, 0.6) is 5.88 Å². The zero-order valence-corrected chi connectivity index (χ0v) is 19.2. The third kappa shape index (κ3) is 7.00. The number of aliphatic imine (C=N–C) groups is 1. The van der Waals surface area contributed by atoms with E-state index in [0.717, 1.165) is 35.9 Å². The molecular weight excluding hydrogens is 455 g/mol. The second-order valence-corrected chi connectivity index (χ2v) is 6.17. The van der Waals surface area contributed by atoms with Crippen LogP contribution < -0.4 is 15.4 Å². The number of hydrogen-bond donors (Lipinski definition) is 2. The Morgan fingerprint density at radius 3 is 2.56 bits per heavy atom. The number of hydrogen-bond acceptors (Lipinski definition) is 4. The molecule has 0 saturated carbocycles. The standard InChI is InChI=1S/C19H30N6O.HI/c1-6-10-26-18-9-8-16(11-21-18)12-22-19(20-7-2)23-13-17-14(3)24-25(5)15(17)4;/h8-9,11H,6-7,10,12-13H2,1-5H3,(H2,20,22,23);1H. The summed E-state index contributed by atoms with van der Waals surface area (Å²) in [5, 5.41) is 11.1. The minimum absolute atomic E-state index is 0. The van der Waals surface area contributed by atoms with Crippen molar-refractivity contribution in [1.82, 2.24) is 25.4 Å². The number of guanidine groups is 1. The molecule has 27 heavy (non-hydrogen) atoms. The molecule has 0 aliphatic carbocycles. The average molecular weight is 486 g/mol. The van der Waals surface area contributed by atoms with Crippen molar-refractivity contribution in [3.8, 4) is 5.88 Å². The van der Waals surface area contributed by atoms with Gasteiger partial charge in [-0.2, -0.15) is 5.10 Å². The Bertz CT molecular complexity index is 727. The van der Waals surface area contributed by atoms with Crippen LogP contribution in [0.3, 0.4) is 0 Å². The van der Waals surface area contributed by atoms with Crippen molar-refractivity contribution in [3.05, 3.63) is 40.8 Å². The van der Waals surface area contributed by atoms with E-state index in [-0.39, 0.29) is 24.0 Å². The molecule has 2 aromatic rings. The average Bonchev–Trinajstić information content (AvgIpc) is 2.88. The van der Waals surface area contributed by atoms with E-state index in [1.807, 2.05) is 37.0 Å². The molecule has 150 valence electrons. The highest BCUT2D eigenvalue weighted by Gasteiger charge is 2.09. The Morgan fingerprint density at radius 1 is 1.22 bits per heavy atom. The monoisotopic (exact) mass is 486 g/mol. The third-order valence-electron chi connectivity index (χ3n) is 4.11. The number of pyridine rings is 1. The van der Waals surface area contributed by atoms with Crippen LogP contribution >= 0.6 is 24.0 Å². The first-order valence-corrected chi connectivity index (χ1v) is 9.14. The highest BCUT2D eigenvalue weighted by atomic mass is 127. The molecule has 8 heteroatoms. The Morgan fingerprint density at radius 2 is 2.00 bits per heavy atom. The number of aryl methyl sites for hydroxylation is 2. The molecule has 2 rings (SSSR count). The largest absolute Gasteiger partial charge is 0.478 e. The van der Waals surface area contributed by atoms with Crippen molar-refractivity contribution in [2.75, 3.05) is 13.2 Å². The van der Waals surface area contributed by atoms with Gasteiger partial charge in [-0.1, -0.05) is 13.0 Å². The van der Waals surface area contributed by atoms with Gasteiger partial charge >= 0.3 is 0 Å². The maximum Gasteiger partial charge on any atom is 0.213 e. The number of nitrogens with one attached hydrogen (secondary N) is 2. The Balaban J connectivity index is 0.00000364. The summed E-state index contributed by atoms with van der Waals surface area (Å²) in [6.07, 6.45) is 2.79. The van der Waals surface area contributed by atoms with E-state index < -0.39 is 0 Å². The number of rotatable bonds is 8. The van der Waals surface area contributed by atoms with Gasteiger partial charge in [0.25, 0.3) is 0 Å². The quantitative estimate of drug-likeness (QED) is 0.341. The fourth-order valence-electron chi connectivity index (χ4n) is 2.55. The molecule has 0 fully saturated rings. The molecule has 0 spiro atoms. The lowest BCUT2D eigenvalue weighted by Crippen LogP contribution is -2.37. The molecule has 0 saturated heterocycles. The Labute approximate surface area is 179 Å². The van der Waals surface area contributed by atoms with Crippen molar-refractivity contribution in [3.63, 3.8) is 0 Å². The van der Waals surface area contributed by atoms with Crippen LogP contribution in [0.15, 0.2) is 23.3 Å². The van der Waals surface area contributed by atoms with Crippen molar-refractivity contribution in [2.45, 2.75) is 47.2 Å². The van der Waals surface area contributed by atoms with E-state index in [2.05, 4.69) is 46.5 Å². The summed E-state index contributed by atoms with van der Waals surface area (Å²) >= 11 is 0. The molecule has 0 amide bonds. The fraction of sp³-hybridized carbons (Fsp3) is 0.526. The molecule has 0 aliphatic rings. The van der Waals surface area contributed by atoms with E-state index >= 15 is 0 Å². The summed E-state index contributed by atoms with van der Waals surface area (Å²) in [5.41, 5.74) is 4.45. The second kappa shape index (κ2) is 11.8. The lowest BCUT2D eigenvalue weighted by Gasteiger charge is -2.12. The summed E-state index contributed by atoms with van der Waals surface area (Å²) in [7, 11) is 1.96. The van der Waals surface area contributed by atoms with Gasteiger partial charge in [0.1, 0.15) is 0 Å². The third-order valence-corrected chi connectivity index (χ3v) is 4.11. The number of aromatic nitrogens is 3. The van der Waals surface area contributed by atoms with Crippen molar-refractivity contribution in [1.29, 1.82) is 0 Å². The molecule has 0 atom stereocenters. The molecule has 0 radical (unpaired) electrons. The van der Waals surface area contributed by atoms with Gasteiger partial charge in [-0.15, -0.1) is 24.0 Å². The summed E-state index contributed by atoms with van der Waals surface area (Å²) in [5.74, 6) is 1.44. The molecule has 0 aliphatic heterocycles. The molecule has 7 nitrogen and oxygen atoms in total. The van der Waals surface area contributed by atoms with Gasteiger partial charge in [0, 0.05) is 43.7 Å². The first-order valence-electron chi connectivity index (χ1n) is 9.14. The number of halogens is 1. The van der Waals surface area contributed by atoms with Gasteiger partial charge in [0.15, 0.2) is 5.96 Å². The van der Waals surface area contributed by atoms with Crippen LogP contribution in [0, 0.1) is 13.8 Å². The van der Waals surface area contributed by atoms with Crippen molar-refractivity contribution in [2.24, 2.45) is 12.0 Å². The number of ether oxygens (including phenoxy) is 1. The normalized spacial score (nSPS) is 11.1. The van der Waals surface area contributed by atoms with E-state index in [1.54, 1.807) is 0 Å². The van der Waals surface area contributed by atoms with Gasteiger partial charge in [0.05, 0.1) is 18.8 Å². The maximum atomic E-state index is 5.51. The van der Waals surface area contributed by atoms with E-state index in [9.17, 15) is 0 Å². The molecule has 0 unspecified atom stereocenters. The second-order valence-electron chi connectivity index (χ2n) is 6.17. The SMILES string of the molecule is CCCOc1ccc(CN=C(NCC)NCc2c(C)nn(C)c2C)cn1.I. The first kappa shape index (κ1) is 23.2. The predicted octanol–water partition coefficient (Wildman–Crippen LogP) is 3.09. The minimum Gasteiger partial charge on any atom is -0.478 e. The zero-order valence-electron chi connectivity index (χ0n) is 16.9. The maximum absolute atomic E-state index is 5.51. The lowest BCUT2D eigenvalue weighted by molar-refractivity contribution is 0.305. The van der Waals surface area contributed by atoms with E-state index in [0.29, 0.717) is 25.6 Å². The summed E-state index contributed by atoms with van der Waals surface area (Å²) in [4.78, 5) is 8.96. The number of nitrogens with zero attached hydrogens (tertiary/aromatic N) is 4. The smallest absolute Gasteiger partial charge is 0.213 e. The Hall–Kier alpha value is -1.84. The van der Waals surface area contributed by atoms with Crippen LogP contribution in [0.4, 0.5) is 0 Å². The lowest BCUT2D eigenvalue weighted by atomic mass is 10.2. The van der Waals surface area contributed by atoms with Crippen LogP contribution in [-0.4, -0.2) is 33.9 Å². The highest BCUT2D eigenvalue weighted by molar-refractivity contribution is 14.0. The Kier molecular flexibility index (Phi) is 10.1. The fourth-order valence-corrected chi connectivity index (χ4v) is 2.55. The van der Waals surface area contributed by atoms with Crippen LogP contribution in [0.1, 0.15) is 42.8 Å². The summed E-state index contributed by atoms with van der Waals surface area (Å²) < 4.78 is 7.41. The van der Waals surface area contributed by atoms with Crippen LogP contribution in [0.2, 0.25) is 0 Å². The van der Waals surface area contributed by atoms with Gasteiger partial charge in [-0.3, -0.25) is 4.68 Å². The molecular formula is C19H31IN6O. The van der Waals surface area contributed by atoms with Crippen LogP contribution in [-0.2, 0) is 20.1 Å². The topological polar surface area (TPSA) is 76.4 Å². The minimum atomic E-state index is 0. The van der Waals surface area contributed by atoms with Crippen molar-refractivity contribution >= 4 is 29.9 Å². The predicted molar refractivity (Wildman–Crippen MR) is 120 cm³/mol. The molecule has 2 N–H and O–H groups in total. The van der Waals surface area contributed by atoms with Crippen LogP contribution in [0.25, 0.3) is 0 Å². The first-order chi connectivity index (χ1) is 12.5. The van der Waals surface area contributed by atoms with E-state index in [4.69, 9.17) is 4.74 Å². The van der Waals surface area contributed by atoms with Gasteiger partial charge < -0.3 is 15.4 Å². The van der Waals surface area contributed by atoms with E-state index in [1.165, 1.54) is 5.56 Å².